The van der Waals surface area contributed by atoms with Crippen LogP contribution in [-0.4, -0.2) is 31.3 Å². The van der Waals surface area contributed by atoms with Crippen LogP contribution in [0.4, 0.5) is 0 Å². The maximum Gasteiger partial charge on any atom is 0.0948 e. The largest absolute Gasteiger partial charge is 0.332 e. The molecule has 0 saturated carbocycles. The Bertz CT molecular complexity index is 1150. The Labute approximate surface area is 167 Å². The molecule has 0 spiro atoms. The number of rotatable bonds is 5. The molecule has 0 aliphatic heterocycles. The van der Waals surface area contributed by atoms with Crippen molar-refractivity contribution >= 4 is 34.7 Å². The zero-order valence-corrected chi connectivity index (χ0v) is 16.1. The Hall–Kier alpha value is -3.09. The second-order valence-corrected chi connectivity index (χ2v) is 6.90. The van der Waals surface area contributed by atoms with E-state index < -0.39 is 0 Å². The number of hydrogen-bond acceptors (Lipinski definition) is 5. The minimum Gasteiger partial charge on any atom is -0.332 e. The van der Waals surface area contributed by atoms with Crippen LogP contribution in [0, 0.1) is 0 Å². The molecule has 3 heterocycles. The third kappa shape index (κ3) is 3.65. The number of halogens is 1. The average Bonchev–Trinajstić information content (AvgIpc) is 3.13. The summed E-state index contributed by atoms with van der Waals surface area (Å²) in [5.41, 5.74) is 11.4. The lowest BCUT2D eigenvalue weighted by Crippen LogP contribution is -2.03. The molecule has 4 aromatic rings. The molecule has 0 atom stereocenters. The Morgan fingerprint density at radius 2 is 2.04 bits per heavy atom. The molecule has 0 saturated heterocycles. The first kappa shape index (κ1) is 18.3. The molecule has 0 unspecified atom stereocenters. The van der Waals surface area contributed by atoms with E-state index in [2.05, 4.69) is 33.4 Å². The van der Waals surface area contributed by atoms with E-state index in [1.165, 1.54) is 0 Å². The van der Waals surface area contributed by atoms with Gasteiger partial charge in [-0.25, -0.2) is 9.97 Å². The van der Waals surface area contributed by atoms with E-state index in [0.29, 0.717) is 11.6 Å². The zero-order chi connectivity index (χ0) is 19.5. The SMILES string of the molecule is Cn1cncc1-c1cc(/C=C/c2ccnnc2)c2cc(CCN)c(Cl)cc2n1. The highest BCUT2D eigenvalue weighted by atomic mass is 35.5. The van der Waals surface area contributed by atoms with E-state index in [-0.39, 0.29) is 0 Å². The van der Waals surface area contributed by atoms with E-state index in [9.17, 15) is 0 Å². The van der Waals surface area contributed by atoms with Gasteiger partial charge >= 0.3 is 0 Å². The lowest BCUT2D eigenvalue weighted by atomic mass is 10.0. The highest BCUT2D eigenvalue weighted by molar-refractivity contribution is 6.32. The minimum atomic E-state index is 0.541. The predicted molar refractivity (Wildman–Crippen MR) is 113 cm³/mol. The van der Waals surface area contributed by atoms with Crippen molar-refractivity contribution in [1.29, 1.82) is 0 Å². The van der Waals surface area contributed by atoms with Gasteiger partial charge in [-0.1, -0.05) is 23.8 Å². The smallest absolute Gasteiger partial charge is 0.0948 e. The van der Waals surface area contributed by atoms with Crippen LogP contribution in [-0.2, 0) is 13.5 Å². The third-order valence-corrected chi connectivity index (χ3v) is 4.92. The summed E-state index contributed by atoms with van der Waals surface area (Å²) >= 11 is 6.47. The van der Waals surface area contributed by atoms with Crippen molar-refractivity contribution < 1.29 is 0 Å². The fourth-order valence-electron chi connectivity index (χ4n) is 3.12. The molecule has 0 bridgehead atoms. The Balaban J connectivity index is 1.91. The van der Waals surface area contributed by atoms with E-state index in [4.69, 9.17) is 22.3 Å². The Morgan fingerprint density at radius 1 is 1.14 bits per heavy atom. The third-order valence-electron chi connectivity index (χ3n) is 4.56. The van der Waals surface area contributed by atoms with E-state index in [0.717, 1.165) is 45.4 Å². The first-order valence-corrected chi connectivity index (χ1v) is 9.28. The zero-order valence-electron chi connectivity index (χ0n) is 15.4. The number of nitrogens with two attached hydrogens (primary N) is 1. The van der Waals surface area contributed by atoms with Gasteiger partial charge in [-0.2, -0.15) is 10.2 Å². The summed E-state index contributed by atoms with van der Waals surface area (Å²) in [6.07, 6.45) is 11.7. The van der Waals surface area contributed by atoms with E-state index >= 15 is 0 Å². The maximum absolute atomic E-state index is 6.47. The van der Waals surface area contributed by atoms with Crippen LogP contribution in [0.5, 0.6) is 0 Å². The van der Waals surface area contributed by atoms with Crippen molar-refractivity contribution in [1.82, 2.24) is 24.7 Å². The van der Waals surface area contributed by atoms with Gasteiger partial charge in [0.15, 0.2) is 0 Å². The Kier molecular flexibility index (Phi) is 5.14. The fourth-order valence-corrected chi connectivity index (χ4v) is 3.38. The monoisotopic (exact) mass is 390 g/mol. The van der Waals surface area contributed by atoms with Crippen LogP contribution >= 0.6 is 11.6 Å². The molecule has 3 aromatic heterocycles. The average molecular weight is 391 g/mol. The molecule has 0 aliphatic carbocycles. The van der Waals surface area contributed by atoms with Crippen LogP contribution < -0.4 is 5.73 Å². The normalized spacial score (nSPS) is 11.5. The molecule has 7 heteroatoms. The lowest BCUT2D eigenvalue weighted by molar-refractivity contribution is 0.917. The number of benzene rings is 1. The minimum absolute atomic E-state index is 0.541. The van der Waals surface area contributed by atoms with E-state index in [1.54, 1.807) is 24.9 Å². The van der Waals surface area contributed by atoms with Gasteiger partial charge in [0.2, 0.25) is 0 Å². The van der Waals surface area contributed by atoms with Crippen LogP contribution in [0.15, 0.2) is 49.2 Å². The highest BCUT2D eigenvalue weighted by Crippen LogP contribution is 2.30. The fraction of sp³-hybridized carbons (Fsp3) is 0.143. The molecule has 2 N–H and O–H groups in total. The lowest BCUT2D eigenvalue weighted by Gasteiger charge is -2.11. The van der Waals surface area contributed by atoms with Crippen molar-refractivity contribution in [3.63, 3.8) is 0 Å². The molecule has 0 fully saturated rings. The molecular formula is C21H19ClN6. The maximum atomic E-state index is 6.47. The number of nitrogens with zero attached hydrogens (tertiary/aromatic N) is 5. The number of hydrogen-bond donors (Lipinski definition) is 1. The molecule has 0 amide bonds. The molecule has 0 aliphatic rings. The van der Waals surface area contributed by atoms with Gasteiger partial charge in [0, 0.05) is 17.5 Å². The summed E-state index contributed by atoms with van der Waals surface area (Å²) in [7, 11) is 1.95. The summed E-state index contributed by atoms with van der Waals surface area (Å²) in [5.74, 6) is 0. The van der Waals surface area contributed by atoms with Crippen LogP contribution in [0.1, 0.15) is 16.7 Å². The van der Waals surface area contributed by atoms with Gasteiger partial charge in [0.05, 0.1) is 41.8 Å². The quantitative estimate of drug-likeness (QED) is 0.561. The number of aryl methyl sites for hydroxylation is 1. The number of aromatic nitrogens is 5. The first-order chi connectivity index (χ1) is 13.7. The second-order valence-electron chi connectivity index (χ2n) is 6.50. The van der Waals surface area contributed by atoms with Crippen molar-refractivity contribution in [2.24, 2.45) is 12.8 Å². The summed E-state index contributed by atoms with van der Waals surface area (Å²) in [6, 6.07) is 7.96. The summed E-state index contributed by atoms with van der Waals surface area (Å²) < 4.78 is 1.94. The van der Waals surface area contributed by atoms with Crippen LogP contribution in [0.2, 0.25) is 5.02 Å². The summed E-state index contributed by atoms with van der Waals surface area (Å²) in [4.78, 5) is 9.03. The van der Waals surface area contributed by atoms with Gasteiger partial charge < -0.3 is 10.3 Å². The van der Waals surface area contributed by atoms with Crippen molar-refractivity contribution in [3.05, 3.63) is 70.9 Å². The van der Waals surface area contributed by atoms with Crippen LogP contribution in [0.25, 0.3) is 34.4 Å². The summed E-state index contributed by atoms with van der Waals surface area (Å²) in [6.45, 7) is 0.541. The molecule has 140 valence electrons. The number of pyridine rings is 1. The topological polar surface area (TPSA) is 82.5 Å². The molecule has 4 rings (SSSR count). The van der Waals surface area contributed by atoms with Gasteiger partial charge in [0.1, 0.15) is 0 Å². The van der Waals surface area contributed by atoms with Crippen molar-refractivity contribution in [2.75, 3.05) is 6.54 Å². The van der Waals surface area contributed by atoms with Gasteiger partial charge in [-0.15, -0.1) is 0 Å². The van der Waals surface area contributed by atoms with Gasteiger partial charge in [0.25, 0.3) is 0 Å². The highest BCUT2D eigenvalue weighted by Gasteiger charge is 2.12. The number of imidazole rings is 1. The Morgan fingerprint density at radius 3 is 2.75 bits per heavy atom. The van der Waals surface area contributed by atoms with Crippen LogP contribution in [0.3, 0.4) is 0 Å². The second kappa shape index (κ2) is 7.88. The molecule has 6 nitrogen and oxygen atoms in total. The van der Waals surface area contributed by atoms with Crippen molar-refractivity contribution in [2.45, 2.75) is 6.42 Å². The van der Waals surface area contributed by atoms with Gasteiger partial charge in [-0.05, 0) is 53.9 Å². The predicted octanol–water partition coefficient (Wildman–Crippen LogP) is 3.75. The molecule has 1 aromatic carbocycles. The first-order valence-electron chi connectivity index (χ1n) is 8.90. The molecule has 28 heavy (non-hydrogen) atoms. The summed E-state index contributed by atoms with van der Waals surface area (Å²) in [5, 5.41) is 9.45. The number of fused-ring (bicyclic) bond motifs is 1. The standard InChI is InChI=1S/C21H19ClN6/c1-28-13-24-12-21(28)20-9-15(3-2-14-5-7-25-26-11-14)17-8-16(4-6-23)18(22)10-19(17)27-20/h2-3,5,7-13H,4,6,23H2,1H3/b3-2+. The molecule has 0 radical (unpaired) electrons. The molecular weight excluding hydrogens is 372 g/mol. The van der Waals surface area contributed by atoms with E-state index in [1.807, 2.05) is 29.8 Å². The van der Waals surface area contributed by atoms with Crippen molar-refractivity contribution in [3.8, 4) is 11.4 Å². The van der Waals surface area contributed by atoms with Gasteiger partial charge in [-0.3, -0.25) is 0 Å².